The molecule has 1 aliphatic rings. The summed E-state index contributed by atoms with van der Waals surface area (Å²) >= 11 is 0. The number of allylic oxidation sites excluding steroid dienone is 1. The smallest absolute Gasteiger partial charge is 0.165 e. The predicted molar refractivity (Wildman–Crippen MR) is 76.0 cm³/mol. The molecule has 0 bridgehead atoms. The van der Waals surface area contributed by atoms with E-state index in [1.54, 1.807) is 13.0 Å². The van der Waals surface area contributed by atoms with Crippen molar-refractivity contribution in [1.29, 1.82) is 0 Å². The van der Waals surface area contributed by atoms with E-state index in [0.29, 0.717) is 13.2 Å². The largest absolute Gasteiger partial charge is 0.348 e. The number of ketones is 1. The predicted octanol–water partition coefficient (Wildman–Crippen LogP) is 3.78. The number of hydrogen-bond acceptors (Lipinski definition) is 3. The molecule has 0 aromatic heterocycles. The van der Waals surface area contributed by atoms with Crippen molar-refractivity contribution in [2.75, 3.05) is 13.2 Å². The van der Waals surface area contributed by atoms with Gasteiger partial charge in [0.25, 0.3) is 0 Å². The molecule has 0 aromatic carbocycles. The molecule has 1 rings (SSSR count). The quantitative estimate of drug-likeness (QED) is 0.495. The Morgan fingerprint density at radius 2 is 1.89 bits per heavy atom. The molecule has 0 radical (unpaired) electrons. The molecule has 0 aliphatic carbocycles. The van der Waals surface area contributed by atoms with Crippen LogP contribution in [0, 0.1) is 0 Å². The van der Waals surface area contributed by atoms with Crippen LogP contribution in [0.3, 0.4) is 0 Å². The van der Waals surface area contributed by atoms with Crippen molar-refractivity contribution in [3.8, 4) is 0 Å². The lowest BCUT2D eigenvalue weighted by Crippen LogP contribution is -2.25. The van der Waals surface area contributed by atoms with Crippen LogP contribution in [0.2, 0.25) is 0 Å². The third-order valence-corrected chi connectivity index (χ3v) is 3.32. The molecule has 0 spiro atoms. The Morgan fingerprint density at radius 3 is 2.47 bits per heavy atom. The van der Waals surface area contributed by atoms with Crippen molar-refractivity contribution >= 4 is 5.78 Å². The zero-order valence-electron chi connectivity index (χ0n) is 12.5. The van der Waals surface area contributed by atoms with Crippen molar-refractivity contribution in [1.82, 2.24) is 0 Å². The first-order valence-electron chi connectivity index (χ1n) is 7.28. The van der Waals surface area contributed by atoms with Gasteiger partial charge in [-0.05, 0) is 45.1 Å². The van der Waals surface area contributed by atoms with E-state index in [1.165, 1.54) is 5.57 Å². The molecule has 3 heteroatoms. The number of unbranched alkanes of at least 4 members (excludes halogenated alkanes) is 1. The molecule has 1 saturated heterocycles. The van der Waals surface area contributed by atoms with Gasteiger partial charge in [-0.25, -0.2) is 0 Å². The summed E-state index contributed by atoms with van der Waals surface area (Å²) in [6, 6.07) is 0. The van der Waals surface area contributed by atoms with Crippen LogP contribution in [0.15, 0.2) is 17.4 Å². The van der Waals surface area contributed by atoms with Gasteiger partial charge in [-0.1, -0.05) is 13.3 Å². The highest BCUT2D eigenvalue weighted by molar-refractivity contribution is 5.87. The molecular formula is C16H26O3. The highest BCUT2D eigenvalue weighted by atomic mass is 16.7. The van der Waals surface area contributed by atoms with Crippen LogP contribution in [-0.2, 0) is 14.3 Å². The first kappa shape index (κ1) is 16.2. The molecule has 0 aromatic rings. The summed E-state index contributed by atoms with van der Waals surface area (Å²) in [5.74, 6) is -0.344. The van der Waals surface area contributed by atoms with Crippen LogP contribution in [0.4, 0.5) is 0 Å². The highest BCUT2D eigenvalue weighted by Gasteiger charge is 2.29. The van der Waals surface area contributed by atoms with Crippen LogP contribution < -0.4 is 0 Å². The molecule has 1 fully saturated rings. The molecule has 0 atom stereocenters. The Kier molecular flexibility index (Phi) is 7.07. The van der Waals surface area contributed by atoms with E-state index >= 15 is 0 Å². The molecule has 108 valence electrons. The lowest BCUT2D eigenvalue weighted by Gasteiger charge is -2.22. The minimum absolute atomic E-state index is 0.0587. The summed E-state index contributed by atoms with van der Waals surface area (Å²) in [6.07, 6.45) is 7.76. The minimum Gasteiger partial charge on any atom is -0.348 e. The summed E-state index contributed by atoms with van der Waals surface area (Å²) in [5.41, 5.74) is 4.39. The standard InChI is InChI=1S/C16H26O3/c1-4-5-7-15(10-9-14(2)17)8-6-11-16(3)18-12-13-19-16/h9H,4-8,11-13H2,1-3H3. The normalized spacial score (nSPS) is 17.0. The van der Waals surface area contributed by atoms with Crippen molar-refractivity contribution < 1.29 is 14.3 Å². The Labute approximate surface area is 116 Å². The molecule has 0 saturated carbocycles. The summed E-state index contributed by atoms with van der Waals surface area (Å²) in [4.78, 5) is 11.0. The molecule has 0 amide bonds. The zero-order valence-corrected chi connectivity index (χ0v) is 12.5. The average molecular weight is 266 g/mol. The van der Waals surface area contributed by atoms with E-state index in [-0.39, 0.29) is 5.78 Å². The van der Waals surface area contributed by atoms with Gasteiger partial charge in [0.15, 0.2) is 11.6 Å². The number of carbonyl (C=O) groups is 1. The van der Waals surface area contributed by atoms with Gasteiger partial charge in [0.2, 0.25) is 0 Å². The Morgan fingerprint density at radius 1 is 1.26 bits per heavy atom. The maximum Gasteiger partial charge on any atom is 0.165 e. The molecular weight excluding hydrogens is 240 g/mol. The van der Waals surface area contributed by atoms with Crippen LogP contribution in [0.25, 0.3) is 0 Å². The fourth-order valence-corrected chi connectivity index (χ4v) is 2.19. The fraction of sp³-hybridized carbons (Fsp3) is 0.750. The summed E-state index contributed by atoms with van der Waals surface area (Å²) < 4.78 is 11.2. The lowest BCUT2D eigenvalue weighted by atomic mass is 10.0. The van der Waals surface area contributed by atoms with E-state index in [9.17, 15) is 4.79 Å². The van der Waals surface area contributed by atoms with Gasteiger partial charge in [0.05, 0.1) is 13.2 Å². The van der Waals surface area contributed by atoms with E-state index < -0.39 is 5.79 Å². The van der Waals surface area contributed by atoms with Crippen molar-refractivity contribution in [2.45, 2.75) is 65.1 Å². The number of rotatable bonds is 8. The van der Waals surface area contributed by atoms with Gasteiger partial charge in [-0.2, -0.15) is 0 Å². The van der Waals surface area contributed by atoms with Gasteiger partial charge >= 0.3 is 0 Å². The van der Waals surface area contributed by atoms with Crippen LogP contribution in [0.5, 0.6) is 0 Å². The number of ether oxygens (including phenoxy) is 2. The highest BCUT2D eigenvalue weighted by Crippen LogP contribution is 2.26. The minimum atomic E-state index is -0.403. The number of hydrogen-bond donors (Lipinski definition) is 0. The fourth-order valence-electron chi connectivity index (χ4n) is 2.19. The monoisotopic (exact) mass is 266 g/mol. The van der Waals surface area contributed by atoms with Gasteiger partial charge in [0, 0.05) is 12.5 Å². The Hall–Kier alpha value is -0.890. The Bertz CT molecular complexity index is 345. The number of carbonyl (C=O) groups excluding carboxylic acids is 1. The maximum atomic E-state index is 11.0. The first-order chi connectivity index (χ1) is 9.06. The van der Waals surface area contributed by atoms with E-state index in [2.05, 4.69) is 12.7 Å². The topological polar surface area (TPSA) is 35.5 Å². The first-order valence-corrected chi connectivity index (χ1v) is 7.28. The van der Waals surface area contributed by atoms with Crippen molar-refractivity contribution in [3.05, 3.63) is 17.4 Å². The maximum absolute atomic E-state index is 11.0. The molecule has 3 nitrogen and oxygen atoms in total. The van der Waals surface area contributed by atoms with Crippen molar-refractivity contribution in [3.63, 3.8) is 0 Å². The second-order valence-electron chi connectivity index (χ2n) is 5.29. The van der Waals surface area contributed by atoms with Crippen LogP contribution >= 0.6 is 0 Å². The summed E-state index contributed by atoms with van der Waals surface area (Å²) in [7, 11) is 0. The Balaban J connectivity index is 2.44. The molecule has 19 heavy (non-hydrogen) atoms. The summed E-state index contributed by atoms with van der Waals surface area (Å²) in [5, 5.41) is 0. The second-order valence-corrected chi connectivity index (χ2v) is 5.29. The molecule has 1 heterocycles. The average Bonchev–Trinajstić information content (AvgIpc) is 2.79. The van der Waals surface area contributed by atoms with E-state index in [0.717, 1.165) is 38.5 Å². The van der Waals surface area contributed by atoms with Gasteiger partial charge in [0.1, 0.15) is 0 Å². The molecule has 0 N–H and O–H groups in total. The van der Waals surface area contributed by atoms with Crippen LogP contribution in [-0.4, -0.2) is 24.8 Å². The zero-order chi connectivity index (χ0) is 14.1. The third kappa shape index (κ3) is 6.72. The SMILES string of the molecule is CCCCC(=C=CC(C)=O)CCCC1(C)OCCO1. The molecule has 1 aliphatic heterocycles. The second kappa shape index (κ2) is 8.31. The van der Waals surface area contributed by atoms with Crippen molar-refractivity contribution in [2.24, 2.45) is 0 Å². The third-order valence-electron chi connectivity index (χ3n) is 3.32. The molecule has 0 unspecified atom stereocenters. The van der Waals surface area contributed by atoms with Gasteiger partial charge in [-0.3, -0.25) is 4.79 Å². The van der Waals surface area contributed by atoms with E-state index in [1.807, 2.05) is 6.92 Å². The van der Waals surface area contributed by atoms with E-state index in [4.69, 9.17) is 9.47 Å². The van der Waals surface area contributed by atoms with Gasteiger partial charge < -0.3 is 9.47 Å². The lowest BCUT2D eigenvalue weighted by molar-refractivity contribution is -0.147. The van der Waals surface area contributed by atoms with Gasteiger partial charge in [-0.15, -0.1) is 5.73 Å². The van der Waals surface area contributed by atoms with Crippen LogP contribution in [0.1, 0.15) is 59.3 Å². The summed E-state index contributed by atoms with van der Waals surface area (Å²) in [6.45, 7) is 7.12.